The van der Waals surface area contributed by atoms with Gasteiger partial charge in [0, 0.05) is 30.1 Å². The number of aromatic nitrogens is 1. The summed E-state index contributed by atoms with van der Waals surface area (Å²) in [5.41, 5.74) is 3.45. The molecule has 7 heteroatoms. The Balaban J connectivity index is 1.94. The number of methoxy groups -OCH3 is 2. The third-order valence-electron chi connectivity index (χ3n) is 6.07. The van der Waals surface area contributed by atoms with Crippen LogP contribution in [0.1, 0.15) is 33.9 Å². The van der Waals surface area contributed by atoms with Gasteiger partial charge in [0.25, 0.3) is 11.7 Å². The minimum absolute atomic E-state index is 0.0243. The van der Waals surface area contributed by atoms with Crippen LogP contribution in [0.15, 0.2) is 66.5 Å². The lowest BCUT2D eigenvalue weighted by molar-refractivity contribution is -0.140. The van der Waals surface area contributed by atoms with Gasteiger partial charge in [-0.15, -0.1) is 0 Å². The van der Waals surface area contributed by atoms with E-state index in [2.05, 4.69) is 4.98 Å². The highest BCUT2D eigenvalue weighted by molar-refractivity contribution is 6.46. The highest BCUT2D eigenvalue weighted by atomic mass is 16.5. The van der Waals surface area contributed by atoms with Gasteiger partial charge in [-0.05, 0) is 60.9 Å². The van der Waals surface area contributed by atoms with Crippen LogP contribution in [-0.2, 0) is 16.1 Å². The molecule has 2 heterocycles. The van der Waals surface area contributed by atoms with Gasteiger partial charge in [-0.25, -0.2) is 0 Å². The predicted molar refractivity (Wildman–Crippen MR) is 128 cm³/mol. The van der Waals surface area contributed by atoms with E-state index in [9.17, 15) is 14.7 Å². The molecule has 0 aliphatic carbocycles. The van der Waals surface area contributed by atoms with E-state index < -0.39 is 17.7 Å². The average molecular weight is 459 g/mol. The van der Waals surface area contributed by atoms with E-state index in [1.807, 2.05) is 26.0 Å². The zero-order valence-electron chi connectivity index (χ0n) is 19.5. The molecule has 0 saturated carbocycles. The van der Waals surface area contributed by atoms with Gasteiger partial charge in [-0.2, -0.15) is 0 Å². The lowest BCUT2D eigenvalue weighted by Crippen LogP contribution is -2.29. The number of Topliss-reactive ketones (excluding diaryl/α,β-unsaturated/α-hetero) is 1. The van der Waals surface area contributed by atoms with E-state index in [1.54, 1.807) is 55.9 Å². The zero-order chi connectivity index (χ0) is 24.4. The van der Waals surface area contributed by atoms with Crippen LogP contribution < -0.4 is 9.47 Å². The summed E-state index contributed by atoms with van der Waals surface area (Å²) in [6, 6.07) is 13.5. The first-order valence-corrected chi connectivity index (χ1v) is 10.8. The van der Waals surface area contributed by atoms with Crippen molar-refractivity contribution < 1.29 is 24.2 Å². The molecule has 174 valence electrons. The maximum atomic E-state index is 13.3. The summed E-state index contributed by atoms with van der Waals surface area (Å²) in [6.07, 6.45) is 3.26. The summed E-state index contributed by atoms with van der Waals surface area (Å²) in [7, 11) is 3.11. The van der Waals surface area contributed by atoms with Gasteiger partial charge in [0.05, 0.1) is 25.8 Å². The van der Waals surface area contributed by atoms with Crippen molar-refractivity contribution >= 4 is 17.4 Å². The van der Waals surface area contributed by atoms with Gasteiger partial charge in [0.2, 0.25) is 0 Å². The molecule has 1 fully saturated rings. The average Bonchev–Trinajstić information content (AvgIpc) is 3.10. The SMILES string of the molecule is COc1cc(C)c(/C(O)=C2\C(=O)C(=O)N(Cc3ccncc3)C2c2ccccc2OC)cc1C. The van der Waals surface area contributed by atoms with E-state index in [-0.39, 0.29) is 17.9 Å². The number of para-hydroxylation sites is 1. The number of hydrogen-bond donors (Lipinski definition) is 1. The van der Waals surface area contributed by atoms with Crippen LogP contribution in [-0.4, -0.2) is 40.9 Å². The fraction of sp³-hybridized carbons (Fsp3) is 0.222. The van der Waals surface area contributed by atoms with Crippen LogP contribution >= 0.6 is 0 Å². The zero-order valence-corrected chi connectivity index (χ0v) is 19.5. The molecule has 1 unspecified atom stereocenters. The number of ether oxygens (including phenoxy) is 2. The Morgan fingerprint density at radius 2 is 1.65 bits per heavy atom. The second kappa shape index (κ2) is 9.39. The molecular formula is C27H26N2O5. The van der Waals surface area contributed by atoms with Crippen molar-refractivity contribution in [1.82, 2.24) is 9.88 Å². The monoisotopic (exact) mass is 458 g/mol. The number of carbonyl (C=O) groups excluding carboxylic acids is 2. The minimum atomic E-state index is -0.828. The highest BCUT2D eigenvalue weighted by Gasteiger charge is 2.47. The number of carbonyl (C=O) groups is 2. The molecule has 0 bridgehead atoms. The molecule has 1 N–H and O–H groups in total. The Morgan fingerprint density at radius 1 is 0.971 bits per heavy atom. The lowest BCUT2D eigenvalue weighted by atomic mass is 9.92. The van der Waals surface area contributed by atoms with Crippen LogP contribution in [0.25, 0.3) is 5.76 Å². The normalized spacial score (nSPS) is 17.2. The van der Waals surface area contributed by atoms with Crippen molar-refractivity contribution in [3.63, 3.8) is 0 Å². The van der Waals surface area contributed by atoms with Crippen LogP contribution in [0, 0.1) is 13.8 Å². The number of hydrogen-bond acceptors (Lipinski definition) is 6. The van der Waals surface area contributed by atoms with Crippen molar-refractivity contribution in [2.75, 3.05) is 14.2 Å². The second-order valence-electron chi connectivity index (χ2n) is 8.16. The molecule has 1 aliphatic rings. The third kappa shape index (κ3) is 4.01. The molecule has 1 aliphatic heterocycles. The van der Waals surface area contributed by atoms with Gasteiger partial charge in [0.15, 0.2) is 0 Å². The minimum Gasteiger partial charge on any atom is -0.507 e. The van der Waals surface area contributed by atoms with Crippen LogP contribution in [0.3, 0.4) is 0 Å². The Bertz CT molecular complexity index is 1280. The molecular weight excluding hydrogens is 432 g/mol. The van der Waals surface area contributed by atoms with Gasteiger partial charge in [-0.1, -0.05) is 18.2 Å². The molecule has 0 radical (unpaired) electrons. The Hall–Kier alpha value is -4.13. The molecule has 1 amide bonds. The van der Waals surface area contributed by atoms with E-state index in [0.717, 1.165) is 16.7 Å². The van der Waals surface area contributed by atoms with Crippen molar-refractivity contribution in [2.24, 2.45) is 0 Å². The molecule has 3 aromatic rings. The summed E-state index contributed by atoms with van der Waals surface area (Å²) in [4.78, 5) is 32.1. The highest BCUT2D eigenvalue weighted by Crippen LogP contribution is 2.44. The number of ketones is 1. The van der Waals surface area contributed by atoms with Gasteiger partial charge in [0.1, 0.15) is 17.3 Å². The van der Waals surface area contributed by atoms with Crippen LogP contribution in [0.5, 0.6) is 11.5 Å². The maximum Gasteiger partial charge on any atom is 0.295 e. The summed E-state index contributed by atoms with van der Waals surface area (Å²) in [5, 5.41) is 11.4. The van der Waals surface area contributed by atoms with Crippen molar-refractivity contribution in [2.45, 2.75) is 26.4 Å². The summed E-state index contributed by atoms with van der Waals surface area (Å²) in [6.45, 7) is 3.85. The fourth-order valence-corrected chi connectivity index (χ4v) is 4.35. The Morgan fingerprint density at radius 3 is 2.32 bits per heavy atom. The molecule has 34 heavy (non-hydrogen) atoms. The maximum absolute atomic E-state index is 13.3. The fourth-order valence-electron chi connectivity index (χ4n) is 4.35. The van der Waals surface area contributed by atoms with E-state index >= 15 is 0 Å². The number of amides is 1. The number of aliphatic hydroxyl groups is 1. The van der Waals surface area contributed by atoms with E-state index in [4.69, 9.17) is 9.47 Å². The summed E-state index contributed by atoms with van der Waals surface area (Å²) in [5.74, 6) is -0.460. The first-order chi connectivity index (χ1) is 16.4. The van der Waals surface area contributed by atoms with Crippen LogP contribution in [0.4, 0.5) is 0 Å². The van der Waals surface area contributed by atoms with E-state index in [0.29, 0.717) is 22.6 Å². The Labute approximate surface area is 198 Å². The summed E-state index contributed by atoms with van der Waals surface area (Å²) < 4.78 is 10.9. The standard InChI is InChI=1S/C27H26N2O5/c1-16-14-22(34-4)17(2)13-20(16)25(30)23-24(19-7-5-6-8-21(19)33-3)29(27(32)26(23)31)15-18-9-11-28-12-10-18/h5-14,24,30H,15H2,1-4H3/b25-23+. The molecule has 0 spiro atoms. The number of likely N-dealkylation sites (tertiary alicyclic amines) is 1. The van der Waals surface area contributed by atoms with Crippen molar-refractivity contribution in [1.29, 1.82) is 0 Å². The number of nitrogens with zero attached hydrogens (tertiary/aromatic N) is 2. The molecule has 1 saturated heterocycles. The topological polar surface area (TPSA) is 89.0 Å². The largest absolute Gasteiger partial charge is 0.507 e. The van der Waals surface area contributed by atoms with Crippen LogP contribution in [0.2, 0.25) is 0 Å². The predicted octanol–water partition coefficient (Wildman–Crippen LogP) is 4.34. The van der Waals surface area contributed by atoms with Crippen molar-refractivity contribution in [3.05, 3.63) is 94.3 Å². The molecule has 1 aromatic heterocycles. The number of aliphatic hydroxyl groups excluding tert-OH is 1. The smallest absolute Gasteiger partial charge is 0.295 e. The first kappa shape index (κ1) is 23.0. The molecule has 4 rings (SSSR count). The lowest BCUT2D eigenvalue weighted by Gasteiger charge is -2.26. The molecule has 1 atom stereocenters. The first-order valence-electron chi connectivity index (χ1n) is 10.8. The Kier molecular flexibility index (Phi) is 6.36. The van der Waals surface area contributed by atoms with E-state index in [1.165, 1.54) is 12.0 Å². The number of benzene rings is 2. The molecule has 7 nitrogen and oxygen atoms in total. The third-order valence-corrected chi connectivity index (χ3v) is 6.07. The quantitative estimate of drug-likeness (QED) is 0.336. The van der Waals surface area contributed by atoms with Gasteiger partial charge >= 0.3 is 0 Å². The molecule has 2 aromatic carbocycles. The second-order valence-corrected chi connectivity index (χ2v) is 8.16. The van der Waals surface area contributed by atoms with Gasteiger partial charge < -0.3 is 19.5 Å². The number of pyridine rings is 1. The van der Waals surface area contributed by atoms with Gasteiger partial charge in [-0.3, -0.25) is 14.6 Å². The number of aryl methyl sites for hydroxylation is 2. The summed E-state index contributed by atoms with van der Waals surface area (Å²) >= 11 is 0. The van der Waals surface area contributed by atoms with Crippen molar-refractivity contribution in [3.8, 4) is 11.5 Å². The number of rotatable bonds is 6.